The summed E-state index contributed by atoms with van der Waals surface area (Å²) in [5, 5.41) is 7.58. The van der Waals surface area contributed by atoms with Crippen molar-refractivity contribution in [2.45, 2.75) is 33.4 Å². The fraction of sp³-hybridized carbons (Fsp3) is 0.667. The number of aromatic nitrogens is 2. The summed E-state index contributed by atoms with van der Waals surface area (Å²) >= 11 is 0. The van der Waals surface area contributed by atoms with Crippen LogP contribution >= 0.6 is 0 Å². The largest absolute Gasteiger partial charge is 0.309 e. The van der Waals surface area contributed by atoms with Crippen LogP contribution < -0.4 is 5.32 Å². The van der Waals surface area contributed by atoms with E-state index in [1.165, 1.54) is 5.69 Å². The Bertz CT molecular complexity index is 229. The monoisotopic (exact) mass is 167 g/mol. The van der Waals surface area contributed by atoms with Crippen LogP contribution in [0.4, 0.5) is 0 Å². The first-order valence-electron chi connectivity index (χ1n) is 4.54. The molecule has 0 aliphatic carbocycles. The Morgan fingerprint density at radius 2 is 2.33 bits per heavy atom. The summed E-state index contributed by atoms with van der Waals surface area (Å²) in [5.41, 5.74) is 1.26. The summed E-state index contributed by atoms with van der Waals surface area (Å²) < 4.78 is 2.02. The van der Waals surface area contributed by atoms with Crippen LogP contribution in [-0.2, 0) is 6.54 Å². The lowest BCUT2D eigenvalue weighted by Crippen LogP contribution is -2.20. The van der Waals surface area contributed by atoms with Crippen LogP contribution in [0.1, 0.15) is 32.5 Å². The van der Waals surface area contributed by atoms with Crippen LogP contribution in [0.3, 0.4) is 0 Å². The maximum atomic E-state index is 4.21. The van der Waals surface area contributed by atoms with Crippen LogP contribution in [0.15, 0.2) is 12.3 Å². The molecule has 1 heterocycles. The van der Waals surface area contributed by atoms with Gasteiger partial charge in [0, 0.05) is 18.8 Å². The van der Waals surface area contributed by atoms with Gasteiger partial charge in [0.05, 0.1) is 5.69 Å². The van der Waals surface area contributed by atoms with Crippen molar-refractivity contribution in [3.8, 4) is 0 Å². The molecule has 3 nitrogen and oxygen atoms in total. The van der Waals surface area contributed by atoms with Gasteiger partial charge < -0.3 is 5.32 Å². The molecule has 3 heteroatoms. The van der Waals surface area contributed by atoms with Gasteiger partial charge in [-0.1, -0.05) is 6.92 Å². The maximum Gasteiger partial charge on any atom is 0.0550 e. The maximum absolute atomic E-state index is 4.21. The summed E-state index contributed by atoms with van der Waals surface area (Å²) in [6, 6.07) is 2.47. The van der Waals surface area contributed by atoms with Gasteiger partial charge in [-0.3, -0.25) is 4.68 Å². The highest BCUT2D eigenvalue weighted by atomic mass is 15.3. The second-order valence-electron chi connectivity index (χ2n) is 2.85. The van der Waals surface area contributed by atoms with E-state index in [2.05, 4.69) is 37.3 Å². The van der Waals surface area contributed by atoms with E-state index in [0.717, 1.165) is 13.1 Å². The molecule has 68 valence electrons. The molecule has 12 heavy (non-hydrogen) atoms. The molecule has 0 aliphatic rings. The minimum absolute atomic E-state index is 0.400. The van der Waals surface area contributed by atoms with E-state index >= 15 is 0 Å². The number of hydrogen-bond donors (Lipinski definition) is 1. The third-order valence-corrected chi connectivity index (χ3v) is 2.00. The standard InChI is InChI=1S/C9H17N3/c1-4-10-8(3)9-6-7-11-12(9)5-2/h6-8,10H,4-5H2,1-3H3. The van der Waals surface area contributed by atoms with Crippen LogP contribution in [0.2, 0.25) is 0 Å². The Morgan fingerprint density at radius 1 is 1.58 bits per heavy atom. The number of hydrogen-bond acceptors (Lipinski definition) is 2. The van der Waals surface area contributed by atoms with Crippen LogP contribution in [-0.4, -0.2) is 16.3 Å². The lowest BCUT2D eigenvalue weighted by atomic mass is 10.2. The molecule has 1 unspecified atom stereocenters. The van der Waals surface area contributed by atoms with Gasteiger partial charge in [-0.25, -0.2) is 0 Å². The third-order valence-electron chi connectivity index (χ3n) is 2.00. The van der Waals surface area contributed by atoms with Crippen molar-refractivity contribution >= 4 is 0 Å². The molecule has 0 bridgehead atoms. The smallest absolute Gasteiger partial charge is 0.0550 e. The molecule has 0 spiro atoms. The number of aryl methyl sites for hydroxylation is 1. The van der Waals surface area contributed by atoms with Crippen molar-refractivity contribution in [3.05, 3.63) is 18.0 Å². The van der Waals surface area contributed by atoms with Crippen molar-refractivity contribution in [2.24, 2.45) is 0 Å². The highest BCUT2D eigenvalue weighted by Gasteiger charge is 2.07. The van der Waals surface area contributed by atoms with Gasteiger partial charge >= 0.3 is 0 Å². The predicted octanol–water partition coefficient (Wildman–Crippen LogP) is 1.57. The molecule has 0 saturated heterocycles. The molecule has 1 aromatic heterocycles. The van der Waals surface area contributed by atoms with Crippen molar-refractivity contribution in [1.29, 1.82) is 0 Å². The average Bonchev–Trinajstić information content (AvgIpc) is 2.51. The van der Waals surface area contributed by atoms with Gasteiger partial charge in [0.25, 0.3) is 0 Å². The van der Waals surface area contributed by atoms with Gasteiger partial charge in [-0.05, 0) is 26.5 Å². The van der Waals surface area contributed by atoms with Crippen LogP contribution in [0.5, 0.6) is 0 Å². The summed E-state index contributed by atoms with van der Waals surface area (Å²) in [5.74, 6) is 0. The number of rotatable bonds is 4. The molecule has 0 aromatic carbocycles. The predicted molar refractivity (Wildman–Crippen MR) is 50.0 cm³/mol. The van der Waals surface area contributed by atoms with Crippen molar-refractivity contribution in [3.63, 3.8) is 0 Å². The van der Waals surface area contributed by atoms with E-state index in [4.69, 9.17) is 0 Å². The van der Waals surface area contributed by atoms with Crippen LogP contribution in [0, 0.1) is 0 Å². The second-order valence-corrected chi connectivity index (χ2v) is 2.85. The first-order valence-corrected chi connectivity index (χ1v) is 4.54. The Morgan fingerprint density at radius 3 is 2.92 bits per heavy atom. The second kappa shape index (κ2) is 4.26. The Labute approximate surface area is 73.8 Å². The van der Waals surface area contributed by atoms with Crippen molar-refractivity contribution in [2.75, 3.05) is 6.54 Å². The minimum atomic E-state index is 0.400. The lowest BCUT2D eigenvalue weighted by molar-refractivity contribution is 0.522. The highest BCUT2D eigenvalue weighted by Crippen LogP contribution is 2.10. The molecule has 0 saturated carbocycles. The normalized spacial score (nSPS) is 13.2. The minimum Gasteiger partial charge on any atom is -0.309 e. The Balaban J connectivity index is 2.71. The average molecular weight is 167 g/mol. The topological polar surface area (TPSA) is 29.9 Å². The zero-order valence-corrected chi connectivity index (χ0v) is 8.04. The summed E-state index contributed by atoms with van der Waals surface area (Å²) in [4.78, 5) is 0. The quantitative estimate of drug-likeness (QED) is 0.737. The molecule has 1 aromatic rings. The van der Waals surface area contributed by atoms with E-state index in [1.54, 1.807) is 0 Å². The van der Waals surface area contributed by atoms with E-state index in [0.29, 0.717) is 6.04 Å². The third kappa shape index (κ3) is 1.85. The molecule has 0 aliphatic heterocycles. The Hall–Kier alpha value is -0.830. The van der Waals surface area contributed by atoms with Crippen molar-refractivity contribution < 1.29 is 0 Å². The number of nitrogens with zero attached hydrogens (tertiary/aromatic N) is 2. The molecule has 0 fully saturated rings. The van der Waals surface area contributed by atoms with E-state index < -0.39 is 0 Å². The van der Waals surface area contributed by atoms with Gasteiger partial charge in [-0.2, -0.15) is 5.10 Å². The van der Waals surface area contributed by atoms with Gasteiger partial charge in [0.2, 0.25) is 0 Å². The highest BCUT2D eigenvalue weighted by molar-refractivity contribution is 5.05. The molecule has 0 amide bonds. The van der Waals surface area contributed by atoms with E-state index in [-0.39, 0.29) is 0 Å². The molecule has 0 radical (unpaired) electrons. The fourth-order valence-corrected chi connectivity index (χ4v) is 1.39. The van der Waals surface area contributed by atoms with Gasteiger partial charge in [-0.15, -0.1) is 0 Å². The number of nitrogens with one attached hydrogen (secondary N) is 1. The zero-order chi connectivity index (χ0) is 8.97. The zero-order valence-electron chi connectivity index (χ0n) is 8.04. The van der Waals surface area contributed by atoms with Gasteiger partial charge in [0.15, 0.2) is 0 Å². The van der Waals surface area contributed by atoms with Gasteiger partial charge in [0.1, 0.15) is 0 Å². The first kappa shape index (κ1) is 9.26. The molecular formula is C9H17N3. The van der Waals surface area contributed by atoms with E-state index in [1.807, 2.05) is 10.9 Å². The summed E-state index contributed by atoms with van der Waals surface area (Å²) in [6.45, 7) is 8.32. The fourth-order valence-electron chi connectivity index (χ4n) is 1.39. The lowest BCUT2D eigenvalue weighted by Gasteiger charge is -2.13. The SMILES string of the molecule is CCNC(C)c1ccnn1CC. The molecule has 1 atom stereocenters. The van der Waals surface area contributed by atoms with Crippen LogP contribution in [0.25, 0.3) is 0 Å². The summed E-state index contributed by atoms with van der Waals surface area (Å²) in [7, 11) is 0. The summed E-state index contributed by atoms with van der Waals surface area (Å²) in [6.07, 6.45) is 1.85. The van der Waals surface area contributed by atoms with E-state index in [9.17, 15) is 0 Å². The molecule has 1 N–H and O–H groups in total. The van der Waals surface area contributed by atoms with Crippen molar-refractivity contribution in [1.82, 2.24) is 15.1 Å². The Kier molecular flexibility index (Phi) is 3.29. The first-order chi connectivity index (χ1) is 5.79. The molecular weight excluding hydrogens is 150 g/mol. The molecule has 1 rings (SSSR count).